The molecule has 1 N–H and O–H groups in total. The lowest BCUT2D eigenvalue weighted by atomic mass is 10.00. The lowest BCUT2D eigenvalue weighted by molar-refractivity contribution is 0.0720. The van der Waals surface area contributed by atoms with Crippen molar-refractivity contribution in [1.29, 1.82) is 0 Å². The Kier molecular flexibility index (Phi) is 4.50. The third-order valence-corrected chi connectivity index (χ3v) is 3.78. The molecule has 1 aliphatic rings. The van der Waals surface area contributed by atoms with Crippen LogP contribution in [0, 0.1) is 0 Å². The minimum Gasteiger partial charge on any atom is -0.395 e. The first kappa shape index (κ1) is 13.2. The average molecular weight is 247 g/mol. The van der Waals surface area contributed by atoms with E-state index in [1.807, 2.05) is 37.3 Å². The second-order valence-corrected chi connectivity index (χ2v) is 4.87. The third kappa shape index (κ3) is 2.62. The first-order valence-electron chi connectivity index (χ1n) is 6.73. The maximum Gasteiger partial charge on any atom is 0.179 e. The number of aliphatic hydroxyl groups is 1. The van der Waals surface area contributed by atoms with Crippen molar-refractivity contribution in [1.82, 2.24) is 4.90 Å². The zero-order valence-electron chi connectivity index (χ0n) is 10.9. The first-order chi connectivity index (χ1) is 8.77. The molecule has 2 unspecified atom stereocenters. The highest BCUT2D eigenvalue weighted by molar-refractivity contribution is 6.00. The van der Waals surface area contributed by atoms with Crippen LogP contribution >= 0.6 is 0 Å². The highest BCUT2D eigenvalue weighted by atomic mass is 16.3. The number of aliphatic hydroxyl groups excluding tert-OH is 1. The van der Waals surface area contributed by atoms with Gasteiger partial charge in [0.25, 0.3) is 0 Å². The number of nitrogens with zero attached hydrogens (tertiary/aromatic N) is 1. The number of likely N-dealkylation sites (tertiary alicyclic amines) is 1. The van der Waals surface area contributed by atoms with E-state index >= 15 is 0 Å². The molecule has 18 heavy (non-hydrogen) atoms. The highest BCUT2D eigenvalue weighted by Gasteiger charge is 2.33. The standard InChI is InChI=1S/C15H21NO2/c1-2-14(16-10-6-9-13(16)11-17)15(18)12-7-4-3-5-8-12/h3-5,7-8,13-14,17H,2,6,9-11H2,1H3. The summed E-state index contributed by atoms with van der Waals surface area (Å²) in [6, 6.07) is 9.52. The van der Waals surface area contributed by atoms with Crippen LogP contribution in [0.25, 0.3) is 0 Å². The smallest absolute Gasteiger partial charge is 0.179 e. The van der Waals surface area contributed by atoms with Crippen LogP contribution in [0.15, 0.2) is 30.3 Å². The normalized spacial score (nSPS) is 22.0. The molecule has 1 aromatic carbocycles. The lowest BCUT2D eigenvalue weighted by Gasteiger charge is -2.30. The number of benzene rings is 1. The van der Waals surface area contributed by atoms with E-state index in [0.717, 1.165) is 31.4 Å². The molecular formula is C15H21NO2. The van der Waals surface area contributed by atoms with Crippen molar-refractivity contribution in [3.05, 3.63) is 35.9 Å². The fourth-order valence-corrected chi connectivity index (χ4v) is 2.83. The number of rotatable bonds is 5. The van der Waals surface area contributed by atoms with Gasteiger partial charge in [0.15, 0.2) is 5.78 Å². The van der Waals surface area contributed by atoms with E-state index in [1.54, 1.807) is 0 Å². The van der Waals surface area contributed by atoms with Crippen molar-refractivity contribution in [2.75, 3.05) is 13.2 Å². The van der Waals surface area contributed by atoms with Crippen LogP contribution in [0.4, 0.5) is 0 Å². The maximum atomic E-state index is 12.5. The topological polar surface area (TPSA) is 40.5 Å². The summed E-state index contributed by atoms with van der Waals surface area (Å²) < 4.78 is 0. The monoisotopic (exact) mass is 247 g/mol. The van der Waals surface area contributed by atoms with Crippen LogP contribution in [0.1, 0.15) is 36.5 Å². The van der Waals surface area contributed by atoms with E-state index in [9.17, 15) is 9.90 Å². The minimum atomic E-state index is -0.0907. The molecule has 1 aliphatic heterocycles. The Hall–Kier alpha value is -1.19. The molecule has 3 heteroatoms. The van der Waals surface area contributed by atoms with Gasteiger partial charge in [-0.2, -0.15) is 0 Å². The number of carbonyl (C=O) groups is 1. The summed E-state index contributed by atoms with van der Waals surface area (Å²) in [6.07, 6.45) is 2.86. The summed E-state index contributed by atoms with van der Waals surface area (Å²) in [6.45, 7) is 3.11. The SMILES string of the molecule is CCC(C(=O)c1ccccc1)N1CCCC1CO. The third-order valence-electron chi connectivity index (χ3n) is 3.78. The van der Waals surface area contributed by atoms with E-state index in [4.69, 9.17) is 0 Å². The lowest BCUT2D eigenvalue weighted by Crippen LogP contribution is -2.45. The summed E-state index contributed by atoms with van der Waals surface area (Å²) in [5.41, 5.74) is 0.771. The van der Waals surface area contributed by atoms with Gasteiger partial charge in [0.2, 0.25) is 0 Å². The van der Waals surface area contributed by atoms with E-state index < -0.39 is 0 Å². The number of Topliss-reactive ketones (excluding diaryl/α,β-unsaturated/α-hetero) is 1. The van der Waals surface area contributed by atoms with Crippen molar-refractivity contribution >= 4 is 5.78 Å². The Bertz CT molecular complexity index is 391. The number of hydrogen-bond acceptors (Lipinski definition) is 3. The van der Waals surface area contributed by atoms with Gasteiger partial charge in [-0.3, -0.25) is 9.69 Å². The molecule has 2 atom stereocenters. The molecule has 0 radical (unpaired) electrons. The maximum absolute atomic E-state index is 12.5. The first-order valence-corrected chi connectivity index (χ1v) is 6.73. The van der Waals surface area contributed by atoms with Gasteiger partial charge in [-0.15, -0.1) is 0 Å². The van der Waals surface area contributed by atoms with Crippen molar-refractivity contribution in [2.24, 2.45) is 0 Å². The second kappa shape index (κ2) is 6.12. The van der Waals surface area contributed by atoms with E-state index in [2.05, 4.69) is 4.90 Å². The van der Waals surface area contributed by atoms with Crippen molar-refractivity contribution in [3.63, 3.8) is 0 Å². The Balaban J connectivity index is 2.16. The number of ketones is 1. The van der Waals surface area contributed by atoms with Crippen LogP contribution in [0.3, 0.4) is 0 Å². The van der Waals surface area contributed by atoms with Crippen LogP contribution in [0.5, 0.6) is 0 Å². The summed E-state index contributed by atoms with van der Waals surface area (Å²) in [5, 5.41) is 9.38. The summed E-state index contributed by atoms with van der Waals surface area (Å²) in [7, 11) is 0. The molecule has 0 bridgehead atoms. The highest BCUT2D eigenvalue weighted by Crippen LogP contribution is 2.23. The zero-order valence-corrected chi connectivity index (χ0v) is 10.9. The Morgan fingerprint density at radius 1 is 1.44 bits per heavy atom. The molecule has 0 saturated carbocycles. The van der Waals surface area contributed by atoms with E-state index in [-0.39, 0.29) is 24.5 Å². The van der Waals surface area contributed by atoms with Gasteiger partial charge in [0.05, 0.1) is 12.6 Å². The fourth-order valence-electron chi connectivity index (χ4n) is 2.83. The molecule has 98 valence electrons. The largest absolute Gasteiger partial charge is 0.395 e. The van der Waals surface area contributed by atoms with E-state index in [1.165, 1.54) is 0 Å². The fraction of sp³-hybridized carbons (Fsp3) is 0.533. The predicted octanol–water partition coefficient (Wildman–Crippen LogP) is 2.10. The van der Waals surface area contributed by atoms with Gasteiger partial charge in [-0.25, -0.2) is 0 Å². The van der Waals surface area contributed by atoms with Gasteiger partial charge in [-0.05, 0) is 25.8 Å². The molecule has 0 aromatic heterocycles. The molecule has 1 saturated heterocycles. The van der Waals surface area contributed by atoms with Crippen LogP contribution in [-0.2, 0) is 0 Å². The predicted molar refractivity (Wildman–Crippen MR) is 71.7 cm³/mol. The number of hydrogen-bond donors (Lipinski definition) is 1. The summed E-state index contributed by atoms with van der Waals surface area (Å²) in [5.74, 6) is 0.179. The summed E-state index contributed by atoms with van der Waals surface area (Å²) >= 11 is 0. The van der Waals surface area contributed by atoms with Crippen LogP contribution < -0.4 is 0 Å². The quantitative estimate of drug-likeness (QED) is 0.810. The molecule has 1 aromatic rings. The van der Waals surface area contributed by atoms with E-state index in [0.29, 0.717) is 0 Å². The minimum absolute atomic E-state index is 0.0907. The molecule has 0 aliphatic carbocycles. The van der Waals surface area contributed by atoms with Gasteiger partial charge in [0, 0.05) is 11.6 Å². The molecule has 0 spiro atoms. The van der Waals surface area contributed by atoms with Crippen LogP contribution in [-0.4, -0.2) is 41.0 Å². The van der Waals surface area contributed by atoms with Gasteiger partial charge in [-0.1, -0.05) is 37.3 Å². The zero-order chi connectivity index (χ0) is 13.0. The Labute approximate surface area is 108 Å². The Morgan fingerprint density at radius 2 is 2.17 bits per heavy atom. The molecule has 0 amide bonds. The number of carbonyl (C=O) groups excluding carboxylic acids is 1. The van der Waals surface area contributed by atoms with Crippen molar-refractivity contribution in [3.8, 4) is 0 Å². The molecule has 1 heterocycles. The van der Waals surface area contributed by atoms with Gasteiger partial charge < -0.3 is 5.11 Å². The van der Waals surface area contributed by atoms with Crippen molar-refractivity contribution < 1.29 is 9.90 Å². The van der Waals surface area contributed by atoms with Gasteiger partial charge in [0.1, 0.15) is 0 Å². The van der Waals surface area contributed by atoms with Crippen LogP contribution in [0.2, 0.25) is 0 Å². The van der Waals surface area contributed by atoms with Gasteiger partial charge >= 0.3 is 0 Å². The molecule has 3 nitrogen and oxygen atoms in total. The Morgan fingerprint density at radius 3 is 2.78 bits per heavy atom. The molecule has 1 fully saturated rings. The molecule has 2 rings (SSSR count). The average Bonchev–Trinajstić information content (AvgIpc) is 2.89. The second-order valence-electron chi connectivity index (χ2n) is 4.87. The molecular weight excluding hydrogens is 226 g/mol. The summed E-state index contributed by atoms with van der Waals surface area (Å²) in [4.78, 5) is 14.7. The van der Waals surface area contributed by atoms with Crippen molar-refractivity contribution in [2.45, 2.75) is 38.3 Å².